The summed E-state index contributed by atoms with van der Waals surface area (Å²) in [5.41, 5.74) is 2.74. The number of nitrogens with one attached hydrogen (secondary N) is 1. The molecule has 1 atom stereocenters. The molecule has 1 heterocycles. The van der Waals surface area contributed by atoms with Gasteiger partial charge in [-0.25, -0.2) is 0 Å². The number of Topliss-reactive ketones (excluding diaryl/α,β-unsaturated/α-hetero) is 1. The summed E-state index contributed by atoms with van der Waals surface area (Å²) in [7, 11) is 0. The fraction of sp³-hybridized carbons (Fsp3) is 0.409. The molecule has 1 aliphatic rings. The Hall–Kier alpha value is -2.53. The maximum Gasteiger partial charge on any atom is 0.321 e. The zero-order chi connectivity index (χ0) is 19.1. The second-order valence-electron chi connectivity index (χ2n) is 7.22. The van der Waals surface area contributed by atoms with Gasteiger partial charge in [0, 0.05) is 30.9 Å². The standard InChI is InChI=1S/C22H26N2O3/c25-21(13-20(22(26)27)24-15-16-5-4-12-23-14-16)19-10-8-18(9-11-19)17-6-2-1-3-7-17/h4-5,8-12,14,17,20,24H,1-3,6-7,13,15H2,(H,26,27)/t20-/m0/s1. The van der Waals surface area contributed by atoms with E-state index in [0.717, 1.165) is 5.56 Å². The van der Waals surface area contributed by atoms with Gasteiger partial charge >= 0.3 is 5.97 Å². The first-order chi connectivity index (χ1) is 13.1. The van der Waals surface area contributed by atoms with Gasteiger partial charge in [-0.3, -0.25) is 19.9 Å². The third-order valence-electron chi connectivity index (χ3n) is 5.27. The van der Waals surface area contributed by atoms with Gasteiger partial charge in [-0.05, 0) is 36.0 Å². The van der Waals surface area contributed by atoms with Crippen LogP contribution in [0.1, 0.15) is 65.9 Å². The number of hydrogen-bond donors (Lipinski definition) is 2. The van der Waals surface area contributed by atoms with Crippen LogP contribution in [0.2, 0.25) is 0 Å². The van der Waals surface area contributed by atoms with Crippen molar-refractivity contribution in [3.63, 3.8) is 0 Å². The van der Waals surface area contributed by atoms with Crippen LogP contribution in [0.3, 0.4) is 0 Å². The van der Waals surface area contributed by atoms with Gasteiger partial charge in [0.1, 0.15) is 6.04 Å². The summed E-state index contributed by atoms with van der Waals surface area (Å²) in [6, 6.07) is 10.5. The SMILES string of the molecule is O=C(C[C@H](NCc1cccnc1)C(=O)O)c1ccc(C2CCCCC2)cc1. The molecule has 0 spiro atoms. The largest absolute Gasteiger partial charge is 0.480 e. The molecule has 0 radical (unpaired) electrons. The summed E-state index contributed by atoms with van der Waals surface area (Å²) in [6.45, 7) is 0.360. The van der Waals surface area contributed by atoms with Crippen molar-refractivity contribution in [3.05, 3.63) is 65.5 Å². The Morgan fingerprint density at radius 2 is 1.85 bits per heavy atom. The first-order valence-electron chi connectivity index (χ1n) is 9.62. The topological polar surface area (TPSA) is 79.3 Å². The third kappa shape index (κ3) is 5.47. The summed E-state index contributed by atoms with van der Waals surface area (Å²) >= 11 is 0. The Bertz CT molecular complexity index is 753. The lowest BCUT2D eigenvalue weighted by molar-refractivity contribution is -0.139. The minimum Gasteiger partial charge on any atom is -0.480 e. The van der Waals surface area contributed by atoms with Gasteiger partial charge in [0.25, 0.3) is 0 Å². The minimum atomic E-state index is -1.02. The average molecular weight is 366 g/mol. The van der Waals surface area contributed by atoms with E-state index in [1.807, 2.05) is 30.3 Å². The van der Waals surface area contributed by atoms with Crippen molar-refractivity contribution in [2.24, 2.45) is 0 Å². The number of ketones is 1. The molecule has 0 saturated heterocycles. The van der Waals surface area contributed by atoms with Gasteiger partial charge in [0.2, 0.25) is 0 Å². The van der Waals surface area contributed by atoms with E-state index in [9.17, 15) is 14.7 Å². The summed E-state index contributed by atoms with van der Waals surface area (Å²) in [4.78, 5) is 28.1. The molecule has 1 aromatic carbocycles. The number of aliphatic carboxylic acids is 1. The number of nitrogens with zero attached hydrogens (tertiary/aromatic N) is 1. The van der Waals surface area contributed by atoms with Gasteiger partial charge < -0.3 is 5.11 Å². The normalized spacial score (nSPS) is 16.0. The van der Waals surface area contributed by atoms with Gasteiger partial charge in [-0.15, -0.1) is 0 Å². The summed E-state index contributed by atoms with van der Waals surface area (Å²) in [5.74, 6) is -0.585. The molecule has 27 heavy (non-hydrogen) atoms. The first-order valence-corrected chi connectivity index (χ1v) is 9.62. The maximum absolute atomic E-state index is 12.5. The number of pyridine rings is 1. The van der Waals surface area contributed by atoms with Crippen molar-refractivity contribution >= 4 is 11.8 Å². The Kier molecular flexibility index (Phi) is 6.71. The number of carboxylic acid groups (broad SMARTS) is 1. The molecular formula is C22H26N2O3. The van der Waals surface area contributed by atoms with E-state index in [1.165, 1.54) is 37.7 Å². The van der Waals surface area contributed by atoms with E-state index >= 15 is 0 Å². The molecule has 142 valence electrons. The predicted octanol–water partition coefficient (Wildman–Crippen LogP) is 3.95. The number of aromatic nitrogens is 1. The minimum absolute atomic E-state index is 0.0711. The molecule has 1 saturated carbocycles. The summed E-state index contributed by atoms with van der Waals surface area (Å²) in [5, 5.41) is 12.4. The highest BCUT2D eigenvalue weighted by Crippen LogP contribution is 2.32. The molecule has 3 rings (SSSR count). The van der Waals surface area contributed by atoms with Gasteiger partial charge in [0.05, 0.1) is 0 Å². The molecule has 1 aliphatic carbocycles. The Labute approximate surface area is 159 Å². The first kappa shape index (κ1) is 19.2. The predicted molar refractivity (Wildman–Crippen MR) is 104 cm³/mol. The zero-order valence-corrected chi connectivity index (χ0v) is 15.4. The van der Waals surface area contributed by atoms with Crippen LogP contribution < -0.4 is 5.32 Å². The van der Waals surface area contributed by atoms with Crippen molar-refractivity contribution in [3.8, 4) is 0 Å². The van der Waals surface area contributed by atoms with Crippen LogP contribution in [0.25, 0.3) is 0 Å². The highest BCUT2D eigenvalue weighted by molar-refractivity contribution is 5.98. The average Bonchev–Trinajstić information content (AvgIpc) is 2.72. The van der Waals surface area contributed by atoms with Crippen molar-refractivity contribution < 1.29 is 14.7 Å². The Morgan fingerprint density at radius 1 is 1.11 bits per heavy atom. The van der Waals surface area contributed by atoms with E-state index in [2.05, 4.69) is 10.3 Å². The van der Waals surface area contributed by atoms with Crippen LogP contribution in [0.15, 0.2) is 48.8 Å². The van der Waals surface area contributed by atoms with E-state index in [0.29, 0.717) is 18.0 Å². The third-order valence-corrected chi connectivity index (χ3v) is 5.27. The lowest BCUT2D eigenvalue weighted by Crippen LogP contribution is -2.38. The summed E-state index contributed by atoms with van der Waals surface area (Å²) < 4.78 is 0. The quantitative estimate of drug-likeness (QED) is 0.692. The highest BCUT2D eigenvalue weighted by Gasteiger charge is 2.22. The molecule has 0 aliphatic heterocycles. The molecule has 5 heteroatoms. The van der Waals surface area contributed by atoms with E-state index in [1.54, 1.807) is 18.5 Å². The number of rotatable bonds is 8. The molecule has 2 aromatic rings. The number of benzene rings is 1. The molecule has 0 unspecified atom stereocenters. The molecule has 0 bridgehead atoms. The molecule has 5 nitrogen and oxygen atoms in total. The van der Waals surface area contributed by atoms with Crippen LogP contribution in [-0.2, 0) is 11.3 Å². The molecule has 1 fully saturated rings. The van der Waals surface area contributed by atoms with Crippen LogP contribution >= 0.6 is 0 Å². The van der Waals surface area contributed by atoms with Crippen LogP contribution in [0.4, 0.5) is 0 Å². The van der Waals surface area contributed by atoms with E-state index in [-0.39, 0.29) is 12.2 Å². The van der Waals surface area contributed by atoms with E-state index < -0.39 is 12.0 Å². The fourth-order valence-corrected chi connectivity index (χ4v) is 3.67. The maximum atomic E-state index is 12.5. The smallest absolute Gasteiger partial charge is 0.321 e. The van der Waals surface area contributed by atoms with Gasteiger partial charge in [-0.1, -0.05) is 49.6 Å². The number of carboxylic acids is 1. The van der Waals surface area contributed by atoms with Crippen molar-refractivity contribution in [2.45, 2.75) is 57.0 Å². The Balaban J connectivity index is 1.58. The second-order valence-corrected chi connectivity index (χ2v) is 7.22. The second kappa shape index (κ2) is 9.42. The van der Waals surface area contributed by atoms with Crippen LogP contribution in [-0.4, -0.2) is 27.9 Å². The Morgan fingerprint density at radius 3 is 2.48 bits per heavy atom. The summed E-state index contributed by atoms with van der Waals surface area (Å²) in [6.07, 6.45) is 9.56. The zero-order valence-electron chi connectivity index (χ0n) is 15.4. The van der Waals surface area contributed by atoms with Gasteiger partial charge in [-0.2, -0.15) is 0 Å². The number of hydrogen-bond acceptors (Lipinski definition) is 4. The molecular weight excluding hydrogens is 340 g/mol. The molecule has 0 amide bonds. The monoisotopic (exact) mass is 366 g/mol. The van der Waals surface area contributed by atoms with Crippen LogP contribution in [0.5, 0.6) is 0 Å². The highest BCUT2D eigenvalue weighted by atomic mass is 16.4. The number of carbonyl (C=O) groups excluding carboxylic acids is 1. The van der Waals surface area contributed by atoms with Crippen LogP contribution in [0, 0.1) is 0 Å². The molecule has 1 aromatic heterocycles. The molecule has 2 N–H and O–H groups in total. The van der Waals surface area contributed by atoms with E-state index in [4.69, 9.17) is 0 Å². The lowest BCUT2D eigenvalue weighted by Gasteiger charge is -2.22. The van der Waals surface area contributed by atoms with Crippen molar-refractivity contribution in [1.29, 1.82) is 0 Å². The fourth-order valence-electron chi connectivity index (χ4n) is 3.67. The van der Waals surface area contributed by atoms with Gasteiger partial charge in [0.15, 0.2) is 5.78 Å². The van der Waals surface area contributed by atoms with Crippen molar-refractivity contribution in [2.75, 3.05) is 0 Å². The lowest BCUT2D eigenvalue weighted by atomic mass is 9.84. The number of carbonyl (C=O) groups is 2. The van der Waals surface area contributed by atoms with Crippen molar-refractivity contribution in [1.82, 2.24) is 10.3 Å².